The summed E-state index contributed by atoms with van der Waals surface area (Å²) in [6, 6.07) is 9.25. The average Bonchev–Trinajstić information content (AvgIpc) is 2.51. The number of nitrogens with zero attached hydrogens (tertiary/aromatic N) is 3. The number of likely N-dealkylation sites (N-methyl/N-ethyl adjacent to an activating group) is 1. The maximum absolute atomic E-state index is 12.6. The summed E-state index contributed by atoms with van der Waals surface area (Å²) in [6.07, 6.45) is -0.354. The minimum absolute atomic E-state index is 0.0619. The van der Waals surface area contributed by atoms with E-state index in [-0.39, 0.29) is 12.0 Å². The highest BCUT2D eigenvalue weighted by molar-refractivity contribution is 5.94. The topological polar surface area (TPSA) is 73.6 Å². The minimum Gasteiger partial charge on any atom is -0.444 e. The van der Waals surface area contributed by atoms with Crippen LogP contribution in [0.4, 0.5) is 4.79 Å². The van der Waals surface area contributed by atoms with Crippen molar-refractivity contribution in [1.82, 2.24) is 9.80 Å². The third-order valence-electron chi connectivity index (χ3n) is 4.12. The smallest absolute Gasteiger partial charge is 0.410 e. The van der Waals surface area contributed by atoms with E-state index in [2.05, 4.69) is 6.07 Å². The molecule has 0 spiro atoms. The fraction of sp³-hybridized carbons (Fsp3) is 0.450. The molecule has 1 saturated heterocycles. The number of rotatable bonds is 3. The van der Waals surface area contributed by atoms with Gasteiger partial charge in [-0.15, -0.1) is 0 Å². The molecule has 0 aromatic heterocycles. The van der Waals surface area contributed by atoms with Crippen molar-refractivity contribution in [1.29, 1.82) is 5.26 Å². The van der Waals surface area contributed by atoms with Crippen LogP contribution in [0, 0.1) is 11.3 Å². The zero-order valence-corrected chi connectivity index (χ0v) is 16.0. The average molecular weight is 355 g/mol. The molecule has 1 aromatic rings. The monoisotopic (exact) mass is 355 g/mol. The Balaban J connectivity index is 1.93. The molecule has 1 aliphatic heterocycles. The van der Waals surface area contributed by atoms with Gasteiger partial charge in [-0.1, -0.05) is 12.1 Å². The van der Waals surface area contributed by atoms with Crippen molar-refractivity contribution in [3.05, 3.63) is 46.5 Å². The third-order valence-corrected chi connectivity index (χ3v) is 4.12. The first-order valence-electron chi connectivity index (χ1n) is 8.52. The first-order valence-corrected chi connectivity index (χ1v) is 8.52. The summed E-state index contributed by atoms with van der Waals surface area (Å²) in [6.45, 7) is 8.59. The Morgan fingerprint density at radius 2 is 1.81 bits per heavy atom. The molecule has 138 valence electrons. The van der Waals surface area contributed by atoms with Crippen molar-refractivity contribution >= 4 is 12.0 Å². The van der Waals surface area contributed by atoms with Gasteiger partial charge in [0.15, 0.2) is 0 Å². The number of likely N-dealkylation sites (tertiary alicyclic amines) is 1. The number of nitriles is 1. The molecule has 0 atom stereocenters. The van der Waals surface area contributed by atoms with Crippen LogP contribution in [0.1, 0.15) is 38.8 Å². The van der Waals surface area contributed by atoms with Crippen LogP contribution in [0.15, 0.2) is 35.4 Å². The van der Waals surface area contributed by atoms with Crippen LogP contribution in [0.3, 0.4) is 0 Å². The molecule has 0 saturated carbocycles. The van der Waals surface area contributed by atoms with Gasteiger partial charge in [-0.2, -0.15) is 5.26 Å². The van der Waals surface area contributed by atoms with E-state index >= 15 is 0 Å². The molecule has 1 fully saturated rings. The first-order chi connectivity index (χ1) is 12.1. The summed E-state index contributed by atoms with van der Waals surface area (Å²) >= 11 is 0. The molecule has 1 aliphatic rings. The molecule has 0 aliphatic carbocycles. The van der Waals surface area contributed by atoms with Gasteiger partial charge in [0, 0.05) is 32.3 Å². The lowest BCUT2D eigenvalue weighted by Gasteiger charge is -2.36. The van der Waals surface area contributed by atoms with Crippen molar-refractivity contribution in [2.24, 2.45) is 0 Å². The highest BCUT2D eigenvalue weighted by Gasteiger charge is 2.32. The van der Waals surface area contributed by atoms with Crippen LogP contribution in [0.2, 0.25) is 0 Å². The second kappa shape index (κ2) is 7.61. The molecule has 6 heteroatoms. The second-order valence-corrected chi connectivity index (χ2v) is 7.53. The van der Waals surface area contributed by atoms with Crippen LogP contribution in [0.5, 0.6) is 0 Å². The predicted octanol–water partition coefficient (Wildman–Crippen LogP) is 3.08. The van der Waals surface area contributed by atoms with E-state index in [1.165, 1.54) is 0 Å². The molecular formula is C20H25N3O3. The van der Waals surface area contributed by atoms with Gasteiger partial charge in [-0.3, -0.25) is 4.79 Å². The van der Waals surface area contributed by atoms with Gasteiger partial charge in [-0.05, 0) is 51.0 Å². The van der Waals surface area contributed by atoms with E-state index in [4.69, 9.17) is 10.00 Å². The van der Waals surface area contributed by atoms with Crippen molar-refractivity contribution in [2.75, 3.05) is 20.1 Å². The van der Waals surface area contributed by atoms with Gasteiger partial charge in [0.25, 0.3) is 0 Å². The lowest BCUT2D eigenvalue weighted by molar-refractivity contribution is -0.126. The quantitative estimate of drug-likeness (QED) is 0.781. The van der Waals surface area contributed by atoms with Crippen LogP contribution >= 0.6 is 0 Å². The molecule has 0 radical (unpaired) electrons. The van der Waals surface area contributed by atoms with Crippen LogP contribution in [-0.2, 0) is 16.1 Å². The van der Waals surface area contributed by atoms with Gasteiger partial charge < -0.3 is 14.5 Å². The Kier molecular flexibility index (Phi) is 5.71. The number of ether oxygens (including phenoxy) is 1. The maximum atomic E-state index is 12.6. The predicted molar refractivity (Wildman–Crippen MR) is 98.1 cm³/mol. The molecule has 0 N–H and O–H groups in total. The van der Waals surface area contributed by atoms with Crippen LogP contribution in [0.25, 0.3) is 0 Å². The largest absolute Gasteiger partial charge is 0.444 e. The number of hydrogen-bond donors (Lipinski definition) is 0. The van der Waals surface area contributed by atoms with Crippen molar-refractivity contribution in [3.8, 4) is 6.07 Å². The standard InChI is InChI=1S/C20H25N3O3/c1-14(17-12-23(13-17)19(25)26-20(2,3)4)18(24)22(5)11-16-8-6-15(10-21)7-9-16/h6-9H,11-13H2,1-5H3. The van der Waals surface area contributed by atoms with E-state index < -0.39 is 5.60 Å². The Morgan fingerprint density at radius 1 is 1.23 bits per heavy atom. The highest BCUT2D eigenvalue weighted by Crippen LogP contribution is 2.22. The summed E-state index contributed by atoms with van der Waals surface area (Å²) in [5.74, 6) is -0.0619. The Labute approximate surface area is 154 Å². The van der Waals surface area contributed by atoms with Crippen LogP contribution < -0.4 is 0 Å². The van der Waals surface area contributed by atoms with Gasteiger partial charge in [0.1, 0.15) is 5.60 Å². The molecule has 2 rings (SSSR count). The van der Waals surface area contributed by atoms with Gasteiger partial charge >= 0.3 is 6.09 Å². The van der Waals surface area contributed by atoms with Crippen molar-refractivity contribution in [2.45, 2.75) is 39.8 Å². The summed E-state index contributed by atoms with van der Waals surface area (Å²) in [5.41, 5.74) is 2.65. The van der Waals surface area contributed by atoms with Gasteiger partial charge in [-0.25, -0.2) is 4.79 Å². The van der Waals surface area contributed by atoms with E-state index in [0.29, 0.717) is 30.8 Å². The molecule has 1 aromatic carbocycles. The summed E-state index contributed by atoms with van der Waals surface area (Å²) in [7, 11) is 1.74. The second-order valence-electron chi connectivity index (χ2n) is 7.53. The van der Waals surface area contributed by atoms with Gasteiger partial charge in [0.05, 0.1) is 11.6 Å². The van der Waals surface area contributed by atoms with Crippen molar-refractivity contribution in [3.63, 3.8) is 0 Å². The summed E-state index contributed by atoms with van der Waals surface area (Å²) in [5, 5.41) is 8.83. The molecule has 6 nitrogen and oxygen atoms in total. The normalized spacial score (nSPS) is 13.5. The molecule has 26 heavy (non-hydrogen) atoms. The Hall–Kier alpha value is -2.81. The van der Waals surface area contributed by atoms with Gasteiger partial charge in [0.2, 0.25) is 5.91 Å². The van der Waals surface area contributed by atoms with E-state index in [1.54, 1.807) is 35.9 Å². The van der Waals surface area contributed by atoms with E-state index in [0.717, 1.165) is 11.1 Å². The molecule has 0 bridgehead atoms. The minimum atomic E-state index is -0.525. The third kappa shape index (κ3) is 4.85. The highest BCUT2D eigenvalue weighted by atomic mass is 16.6. The molecule has 1 heterocycles. The van der Waals surface area contributed by atoms with E-state index in [9.17, 15) is 9.59 Å². The van der Waals surface area contributed by atoms with E-state index in [1.807, 2.05) is 32.9 Å². The fourth-order valence-electron chi connectivity index (χ4n) is 2.58. The fourth-order valence-corrected chi connectivity index (χ4v) is 2.58. The lowest BCUT2D eigenvalue weighted by Crippen LogP contribution is -2.48. The van der Waals surface area contributed by atoms with Crippen molar-refractivity contribution < 1.29 is 14.3 Å². The summed E-state index contributed by atoms with van der Waals surface area (Å²) < 4.78 is 5.32. The first kappa shape index (κ1) is 19.5. The maximum Gasteiger partial charge on any atom is 0.410 e. The number of benzene rings is 1. The summed E-state index contributed by atoms with van der Waals surface area (Å²) in [4.78, 5) is 27.8. The number of carbonyl (C=O) groups is 2. The van der Waals surface area contributed by atoms with Crippen LogP contribution in [-0.4, -0.2) is 47.5 Å². The zero-order chi connectivity index (χ0) is 19.5. The Bertz CT molecular complexity index is 759. The SMILES string of the molecule is CC(C(=O)N(C)Cc1ccc(C#N)cc1)=C1CN(C(=O)OC(C)(C)C)C1. The number of amides is 2. The number of hydrogen-bond acceptors (Lipinski definition) is 4. The Morgan fingerprint density at radius 3 is 2.31 bits per heavy atom. The lowest BCUT2D eigenvalue weighted by atomic mass is 10.0. The zero-order valence-electron chi connectivity index (χ0n) is 16.0. The number of carbonyl (C=O) groups excluding carboxylic acids is 2. The molecule has 0 unspecified atom stereocenters. The molecule has 2 amide bonds. The molecular weight excluding hydrogens is 330 g/mol.